The van der Waals surface area contributed by atoms with Crippen molar-refractivity contribution in [1.29, 1.82) is 0 Å². The van der Waals surface area contributed by atoms with Gasteiger partial charge in [-0.15, -0.1) is 0 Å². The zero-order valence-electron chi connectivity index (χ0n) is 16.1. The van der Waals surface area contributed by atoms with Gasteiger partial charge in [0.25, 0.3) is 5.91 Å². The molecule has 0 heterocycles. The smallest absolute Gasteiger partial charge is 0.251 e. The van der Waals surface area contributed by atoms with Gasteiger partial charge in [-0.25, -0.2) is 4.39 Å². The van der Waals surface area contributed by atoms with Crippen LogP contribution in [0.2, 0.25) is 0 Å². The average molecular weight is 385 g/mol. The van der Waals surface area contributed by atoms with Gasteiger partial charge in [-0.1, -0.05) is 26.0 Å². The highest BCUT2D eigenvalue weighted by molar-refractivity contribution is 5.97. The Morgan fingerprint density at radius 2 is 1.71 bits per heavy atom. The van der Waals surface area contributed by atoms with Gasteiger partial charge < -0.3 is 16.0 Å². The molecule has 0 radical (unpaired) electrons. The summed E-state index contributed by atoms with van der Waals surface area (Å²) >= 11 is 0. The summed E-state index contributed by atoms with van der Waals surface area (Å²) in [5, 5.41) is 2.72. The van der Waals surface area contributed by atoms with Crippen molar-refractivity contribution in [2.75, 3.05) is 7.05 Å². The lowest BCUT2D eigenvalue weighted by Crippen LogP contribution is -2.50. The van der Waals surface area contributed by atoms with Gasteiger partial charge in [-0.3, -0.25) is 14.4 Å². The van der Waals surface area contributed by atoms with Gasteiger partial charge in [-0.05, 0) is 47.9 Å². The molecule has 2 aromatic carbocycles. The Hall–Kier alpha value is -3.22. The maximum absolute atomic E-state index is 13.0. The van der Waals surface area contributed by atoms with Crippen molar-refractivity contribution in [3.63, 3.8) is 0 Å². The van der Waals surface area contributed by atoms with Crippen LogP contribution in [0, 0.1) is 11.7 Å². The Bertz CT molecular complexity index is 865. The summed E-state index contributed by atoms with van der Waals surface area (Å²) in [4.78, 5) is 38.1. The van der Waals surface area contributed by atoms with Crippen molar-refractivity contribution in [1.82, 2.24) is 10.2 Å². The Balaban J connectivity index is 2.10. The first-order valence-corrected chi connectivity index (χ1v) is 8.89. The fourth-order valence-electron chi connectivity index (χ4n) is 2.75. The van der Waals surface area contributed by atoms with Gasteiger partial charge >= 0.3 is 0 Å². The molecule has 28 heavy (non-hydrogen) atoms. The van der Waals surface area contributed by atoms with Crippen LogP contribution >= 0.6 is 0 Å². The molecule has 0 aliphatic rings. The molecule has 1 unspecified atom stereocenters. The molecule has 1 atom stereocenters. The molecule has 7 heteroatoms. The molecule has 2 aromatic rings. The topological polar surface area (TPSA) is 92.5 Å². The van der Waals surface area contributed by atoms with E-state index in [4.69, 9.17) is 5.73 Å². The number of carbonyl (C=O) groups is 3. The normalized spacial score (nSPS) is 11.8. The lowest BCUT2D eigenvalue weighted by atomic mass is 10.0. The third kappa shape index (κ3) is 5.39. The first-order valence-electron chi connectivity index (χ1n) is 8.89. The van der Waals surface area contributed by atoms with Gasteiger partial charge in [0.15, 0.2) is 0 Å². The number of nitrogens with two attached hydrogens (primary N) is 1. The maximum atomic E-state index is 13.0. The number of hydrogen-bond acceptors (Lipinski definition) is 3. The second-order valence-corrected chi connectivity index (χ2v) is 6.96. The summed E-state index contributed by atoms with van der Waals surface area (Å²) in [5.41, 5.74) is 6.68. The molecular formula is C21H24FN3O3. The molecule has 0 fully saturated rings. The molecule has 148 valence electrons. The molecule has 0 aliphatic heterocycles. The number of amides is 3. The summed E-state index contributed by atoms with van der Waals surface area (Å²) < 4.78 is 13.0. The molecule has 2 rings (SSSR count). The minimum atomic E-state index is -0.748. The third-order valence-corrected chi connectivity index (χ3v) is 4.33. The predicted octanol–water partition coefficient (Wildman–Crippen LogP) is 2.34. The lowest BCUT2D eigenvalue weighted by Gasteiger charge is -2.27. The zero-order valence-corrected chi connectivity index (χ0v) is 16.1. The minimum absolute atomic E-state index is 0.156. The van der Waals surface area contributed by atoms with Crippen LogP contribution in [0.5, 0.6) is 0 Å². The third-order valence-electron chi connectivity index (χ3n) is 4.33. The molecule has 0 aliphatic carbocycles. The molecule has 6 nitrogen and oxygen atoms in total. The van der Waals surface area contributed by atoms with Crippen molar-refractivity contribution < 1.29 is 18.8 Å². The number of benzene rings is 2. The molecule has 0 aromatic heterocycles. The summed E-state index contributed by atoms with van der Waals surface area (Å²) in [6, 6.07) is 11.1. The van der Waals surface area contributed by atoms with E-state index >= 15 is 0 Å². The Morgan fingerprint density at radius 3 is 2.29 bits per heavy atom. The summed E-state index contributed by atoms with van der Waals surface area (Å²) in [5.74, 6) is -1.85. The van der Waals surface area contributed by atoms with E-state index in [9.17, 15) is 18.8 Å². The van der Waals surface area contributed by atoms with Crippen molar-refractivity contribution in [2.45, 2.75) is 26.4 Å². The van der Waals surface area contributed by atoms with E-state index in [1.54, 1.807) is 31.3 Å². The highest BCUT2D eigenvalue weighted by Gasteiger charge is 2.27. The Kier molecular flexibility index (Phi) is 6.87. The lowest BCUT2D eigenvalue weighted by molar-refractivity contribution is -0.133. The summed E-state index contributed by atoms with van der Waals surface area (Å²) in [6.07, 6.45) is 0. The van der Waals surface area contributed by atoms with E-state index in [1.807, 2.05) is 13.8 Å². The fourth-order valence-corrected chi connectivity index (χ4v) is 2.75. The van der Waals surface area contributed by atoms with Crippen LogP contribution in [-0.4, -0.2) is 35.7 Å². The first kappa shape index (κ1) is 21.1. The standard InChI is InChI=1S/C21H24FN3O3/c1-13(2)18(24-20(27)15-7-9-17(22)10-8-15)21(28)25(3)12-14-5-4-6-16(11-14)19(23)26/h4-11,13,18H,12H2,1-3H3,(H2,23,26)(H,24,27). The predicted molar refractivity (Wildman–Crippen MR) is 104 cm³/mol. The quantitative estimate of drug-likeness (QED) is 0.766. The van der Waals surface area contributed by atoms with Crippen molar-refractivity contribution in [2.24, 2.45) is 11.7 Å². The number of likely N-dealkylation sites (N-methyl/N-ethyl adjacent to an activating group) is 1. The number of hydrogen-bond donors (Lipinski definition) is 2. The molecule has 0 saturated heterocycles. The fraction of sp³-hybridized carbons (Fsp3) is 0.286. The highest BCUT2D eigenvalue weighted by atomic mass is 19.1. The second-order valence-electron chi connectivity index (χ2n) is 6.96. The first-order chi connectivity index (χ1) is 13.2. The number of halogens is 1. The van der Waals surface area contributed by atoms with E-state index in [2.05, 4.69) is 5.32 Å². The minimum Gasteiger partial charge on any atom is -0.366 e. The van der Waals surface area contributed by atoms with Crippen LogP contribution < -0.4 is 11.1 Å². The van der Waals surface area contributed by atoms with Crippen LogP contribution in [0.1, 0.15) is 40.1 Å². The molecule has 3 amide bonds. The van der Waals surface area contributed by atoms with Crippen LogP contribution in [0.4, 0.5) is 4.39 Å². The number of nitrogens with one attached hydrogen (secondary N) is 1. The zero-order chi connectivity index (χ0) is 20.8. The maximum Gasteiger partial charge on any atom is 0.251 e. The van der Waals surface area contributed by atoms with Gasteiger partial charge in [0.05, 0.1) is 0 Å². The van der Waals surface area contributed by atoms with Crippen LogP contribution in [0.3, 0.4) is 0 Å². The number of nitrogens with zero attached hydrogens (tertiary/aromatic N) is 1. The van der Waals surface area contributed by atoms with Crippen molar-refractivity contribution >= 4 is 17.7 Å². The monoisotopic (exact) mass is 385 g/mol. The Labute approximate surface area is 163 Å². The highest BCUT2D eigenvalue weighted by Crippen LogP contribution is 2.12. The average Bonchev–Trinajstić information content (AvgIpc) is 2.65. The van der Waals surface area contributed by atoms with Crippen LogP contribution in [0.15, 0.2) is 48.5 Å². The number of primary amides is 1. The van der Waals surface area contributed by atoms with E-state index in [0.717, 1.165) is 5.56 Å². The van der Waals surface area contributed by atoms with Gasteiger partial charge in [-0.2, -0.15) is 0 Å². The van der Waals surface area contributed by atoms with Crippen LogP contribution in [-0.2, 0) is 11.3 Å². The van der Waals surface area contributed by atoms with E-state index < -0.39 is 23.7 Å². The van der Waals surface area contributed by atoms with Crippen LogP contribution in [0.25, 0.3) is 0 Å². The summed E-state index contributed by atoms with van der Waals surface area (Å²) in [6.45, 7) is 3.92. The van der Waals surface area contributed by atoms with E-state index in [0.29, 0.717) is 5.56 Å². The van der Waals surface area contributed by atoms with E-state index in [1.165, 1.54) is 29.2 Å². The van der Waals surface area contributed by atoms with Gasteiger partial charge in [0, 0.05) is 24.7 Å². The van der Waals surface area contributed by atoms with Crippen molar-refractivity contribution in [3.05, 3.63) is 71.0 Å². The SMILES string of the molecule is CC(C)C(NC(=O)c1ccc(F)cc1)C(=O)N(C)Cc1cccc(C(N)=O)c1. The molecule has 3 N–H and O–H groups in total. The molecule has 0 bridgehead atoms. The van der Waals surface area contributed by atoms with Gasteiger partial charge in [0.1, 0.15) is 11.9 Å². The van der Waals surface area contributed by atoms with Gasteiger partial charge in [0.2, 0.25) is 11.8 Å². The molecular weight excluding hydrogens is 361 g/mol. The summed E-state index contributed by atoms with van der Waals surface area (Å²) in [7, 11) is 1.62. The Morgan fingerprint density at radius 1 is 1.07 bits per heavy atom. The van der Waals surface area contributed by atoms with E-state index in [-0.39, 0.29) is 23.9 Å². The van der Waals surface area contributed by atoms with Crippen molar-refractivity contribution in [3.8, 4) is 0 Å². The molecule has 0 saturated carbocycles. The molecule has 0 spiro atoms. The largest absolute Gasteiger partial charge is 0.366 e. The second kappa shape index (κ2) is 9.12. The number of carbonyl (C=O) groups excluding carboxylic acids is 3. The number of rotatable bonds is 7.